The van der Waals surface area contributed by atoms with Crippen molar-refractivity contribution in [2.24, 2.45) is 5.92 Å². The standard InChI is InChI=1S/C16H23N3O3.ClH/c1-17-9-12-4-6-19(7-5-12)10-16(20)18-13-2-3-14-15(8-13)22-11-21-14;/h2-3,8,12,17H,4-7,9-11H2,1H3,(H,18,20);1H. The normalized spacial score (nSPS) is 17.6. The number of anilines is 1. The molecule has 1 fully saturated rings. The molecule has 2 heterocycles. The molecule has 23 heavy (non-hydrogen) atoms. The number of hydrogen-bond donors (Lipinski definition) is 2. The van der Waals surface area contributed by atoms with Gasteiger partial charge in [0, 0.05) is 11.8 Å². The van der Waals surface area contributed by atoms with Gasteiger partial charge >= 0.3 is 0 Å². The lowest BCUT2D eigenvalue weighted by Gasteiger charge is -2.31. The number of benzene rings is 1. The molecular weight excluding hydrogens is 318 g/mol. The van der Waals surface area contributed by atoms with Crippen LogP contribution in [0.5, 0.6) is 11.5 Å². The summed E-state index contributed by atoms with van der Waals surface area (Å²) in [4.78, 5) is 14.4. The lowest BCUT2D eigenvalue weighted by Crippen LogP contribution is -2.40. The molecule has 0 aliphatic carbocycles. The molecule has 1 aromatic carbocycles. The SMILES string of the molecule is CNCC1CCN(CC(=O)Nc2ccc3c(c2)OCO3)CC1.Cl. The number of likely N-dealkylation sites (tertiary alicyclic amines) is 1. The second-order valence-electron chi connectivity index (χ2n) is 5.89. The van der Waals surface area contributed by atoms with Crippen LogP contribution in [0.2, 0.25) is 0 Å². The number of fused-ring (bicyclic) bond motifs is 1. The van der Waals surface area contributed by atoms with E-state index in [-0.39, 0.29) is 25.1 Å². The van der Waals surface area contributed by atoms with Crippen LogP contribution in [0.15, 0.2) is 18.2 Å². The molecule has 6 nitrogen and oxygen atoms in total. The molecule has 0 bridgehead atoms. The van der Waals surface area contributed by atoms with Gasteiger partial charge in [0.2, 0.25) is 12.7 Å². The summed E-state index contributed by atoms with van der Waals surface area (Å²) in [5.41, 5.74) is 0.749. The maximum atomic E-state index is 12.2. The van der Waals surface area contributed by atoms with Crippen molar-refractivity contribution in [2.75, 3.05) is 45.3 Å². The van der Waals surface area contributed by atoms with E-state index in [1.54, 1.807) is 6.07 Å². The summed E-state index contributed by atoms with van der Waals surface area (Å²) in [5.74, 6) is 2.17. The van der Waals surface area contributed by atoms with Gasteiger partial charge in [-0.25, -0.2) is 0 Å². The van der Waals surface area contributed by atoms with Crippen LogP contribution in [0, 0.1) is 5.92 Å². The minimum atomic E-state index is 0. The first-order valence-corrected chi connectivity index (χ1v) is 7.81. The number of carbonyl (C=O) groups excluding carboxylic acids is 1. The van der Waals surface area contributed by atoms with Gasteiger partial charge in [-0.1, -0.05) is 0 Å². The molecule has 2 aliphatic rings. The van der Waals surface area contributed by atoms with E-state index in [9.17, 15) is 4.79 Å². The van der Waals surface area contributed by atoms with Gasteiger partial charge in [0.1, 0.15) is 0 Å². The zero-order valence-electron chi connectivity index (χ0n) is 13.3. The Balaban J connectivity index is 0.00000192. The molecule has 1 saturated heterocycles. The molecule has 2 aliphatic heterocycles. The smallest absolute Gasteiger partial charge is 0.238 e. The summed E-state index contributed by atoms with van der Waals surface area (Å²) < 4.78 is 10.6. The van der Waals surface area contributed by atoms with E-state index in [0.29, 0.717) is 12.3 Å². The molecular formula is C16H24ClN3O3. The van der Waals surface area contributed by atoms with Crippen molar-refractivity contribution in [3.63, 3.8) is 0 Å². The van der Waals surface area contributed by atoms with Crippen molar-refractivity contribution in [1.29, 1.82) is 0 Å². The van der Waals surface area contributed by atoms with E-state index in [4.69, 9.17) is 9.47 Å². The Hall–Kier alpha value is -1.50. The van der Waals surface area contributed by atoms with Gasteiger partial charge in [0.25, 0.3) is 0 Å². The highest BCUT2D eigenvalue weighted by Gasteiger charge is 2.20. The molecule has 128 valence electrons. The van der Waals surface area contributed by atoms with E-state index in [1.165, 1.54) is 0 Å². The summed E-state index contributed by atoms with van der Waals surface area (Å²) >= 11 is 0. The van der Waals surface area contributed by atoms with Crippen molar-refractivity contribution in [3.05, 3.63) is 18.2 Å². The Labute approximate surface area is 142 Å². The fourth-order valence-electron chi connectivity index (χ4n) is 3.02. The van der Waals surface area contributed by atoms with Crippen molar-refractivity contribution >= 4 is 24.0 Å². The Morgan fingerprint density at radius 1 is 1.26 bits per heavy atom. The van der Waals surface area contributed by atoms with Crippen LogP contribution >= 0.6 is 12.4 Å². The Morgan fingerprint density at radius 2 is 2.00 bits per heavy atom. The number of hydrogen-bond acceptors (Lipinski definition) is 5. The third kappa shape index (κ3) is 4.73. The van der Waals surface area contributed by atoms with Gasteiger partial charge in [-0.2, -0.15) is 0 Å². The van der Waals surface area contributed by atoms with Crippen molar-refractivity contribution in [1.82, 2.24) is 10.2 Å². The van der Waals surface area contributed by atoms with E-state index in [1.807, 2.05) is 19.2 Å². The zero-order chi connectivity index (χ0) is 15.4. The number of nitrogens with one attached hydrogen (secondary N) is 2. The average Bonchev–Trinajstić information content (AvgIpc) is 2.97. The molecule has 3 rings (SSSR count). The number of piperidine rings is 1. The van der Waals surface area contributed by atoms with E-state index in [0.717, 1.165) is 49.8 Å². The van der Waals surface area contributed by atoms with Crippen LogP contribution in [-0.2, 0) is 4.79 Å². The highest BCUT2D eigenvalue weighted by atomic mass is 35.5. The second kappa shape index (κ2) is 8.38. The van der Waals surface area contributed by atoms with Gasteiger partial charge in [-0.3, -0.25) is 9.69 Å². The predicted molar refractivity (Wildman–Crippen MR) is 91.5 cm³/mol. The van der Waals surface area contributed by atoms with Crippen LogP contribution in [0.1, 0.15) is 12.8 Å². The predicted octanol–water partition coefficient (Wildman–Crippen LogP) is 1.71. The highest BCUT2D eigenvalue weighted by molar-refractivity contribution is 5.92. The maximum absolute atomic E-state index is 12.2. The first-order valence-electron chi connectivity index (χ1n) is 7.81. The number of halogens is 1. The number of carbonyl (C=O) groups is 1. The molecule has 1 aromatic rings. The van der Waals surface area contributed by atoms with Crippen LogP contribution in [-0.4, -0.2) is 50.8 Å². The largest absolute Gasteiger partial charge is 0.454 e. The fourth-order valence-corrected chi connectivity index (χ4v) is 3.02. The van der Waals surface area contributed by atoms with Crippen molar-refractivity contribution in [2.45, 2.75) is 12.8 Å². The van der Waals surface area contributed by atoms with Gasteiger partial charge in [0.15, 0.2) is 11.5 Å². The minimum absolute atomic E-state index is 0. The molecule has 0 spiro atoms. The first-order chi connectivity index (χ1) is 10.7. The van der Waals surface area contributed by atoms with E-state index < -0.39 is 0 Å². The van der Waals surface area contributed by atoms with Gasteiger partial charge in [-0.05, 0) is 57.6 Å². The highest BCUT2D eigenvalue weighted by Crippen LogP contribution is 2.34. The molecule has 0 atom stereocenters. The van der Waals surface area contributed by atoms with Gasteiger partial charge in [0.05, 0.1) is 6.54 Å². The lowest BCUT2D eigenvalue weighted by atomic mass is 9.97. The maximum Gasteiger partial charge on any atom is 0.238 e. The molecule has 0 unspecified atom stereocenters. The number of nitrogens with zero attached hydrogens (tertiary/aromatic N) is 1. The lowest BCUT2D eigenvalue weighted by molar-refractivity contribution is -0.117. The summed E-state index contributed by atoms with van der Waals surface area (Å²) in [6.45, 7) is 3.73. The van der Waals surface area contributed by atoms with Crippen molar-refractivity contribution < 1.29 is 14.3 Å². The van der Waals surface area contributed by atoms with Crippen LogP contribution in [0.25, 0.3) is 0 Å². The summed E-state index contributed by atoms with van der Waals surface area (Å²) in [5, 5.41) is 6.15. The molecule has 7 heteroatoms. The monoisotopic (exact) mass is 341 g/mol. The second-order valence-corrected chi connectivity index (χ2v) is 5.89. The average molecular weight is 342 g/mol. The zero-order valence-corrected chi connectivity index (χ0v) is 14.2. The third-order valence-electron chi connectivity index (χ3n) is 4.22. The van der Waals surface area contributed by atoms with E-state index in [2.05, 4.69) is 15.5 Å². The first kappa shape index (κ1) is 17.8. The Kier molecular flexibility index (Phi) is 6.50. The van der Waals surface area contributed by atoms with Gasteiger partial charge < -0.3 is 20.1 Å². The molecule has 2 N–H and O–H groups in total. The van der Waals surface area contributed by atoms with E-state index >= 15 is 0 Å². The fraction of sp³-hybridized carbons (Fsp3) is 0.562. The third-order valence-corrected chi connectivity index (χ3v) is 4.22. The van der Waals surface area contributed by atoms with Crippen LogP contribution in [0.3, 0.4) is 0 Å². The van der Waals surface area contributed by atoms with Crippen molar-refractivity contribution in [3.8, 4) is 11.5 Å². The molecule has 1 amide bonds. The summed E-state index contributed by atoms with van der Waals surface area (Å²) in [7, 11) is 1.99. The molecule has 0 saturated carbocycles. The number of ether oxygens (including phenoxy) is 2. The molecule has 0 radical (unpaired) electrons. The summed E-state index contributed by atoms with van der Waals surface area (Å²) in [6, 6.07) is 5.46. The Morgan fingerprint density at radius 3 is 2.74 bits per heavy atom. The minimum Gasteiger partial charge on any atom is -0.454 e. The summed E-state index contributed by atoms with van der Waals surface area (Å²) in [6.07, 6.45) is 2.30. The number of amides is 1. The van der Waals surface area contributed by atoms with Crippen LogP contribution in [0.4, 0.5) is 5.69 Å². The quantitative estimate of drug-likeness (QED) is 0.853. The molecule has 0 aromatic heterocycles. The van der Waals surface area contributed by atoms with Gasteiger partial charge in [-0.15, -0.1) is 12.4 Å². The van der Waals surface area contributed by atoms with Crippen LogP contribution < -0.4 is 20.1 Å². The topological polar surface area (TPSA) is 62.8 Å². The number of rotatable bonds is 5. The Bertz CT molecular complexity index is 533.